The van der Waals surface area contributed by atoms with E-state index in [4.69, 9.17) is 4.74 Å². The van der Waals surface area contributed by atoms with Gasteiger partial charge in [0.2, 0.25) is 0 Å². The van der Waals surface area contributed by atoms with Crippen LogP contribution in [-0.2, 0) is 4.74 Å². The predicted molar refractivity (Wildman–Crippen MR) is 111 cm³/mol. The second-order valence-electron chi connectivity index (χ2n) is 7.73. The first-order valence-electron chi connectivity index (χ1n) is 10.1. The van der Waals surface area contributed by atoms with Gasteiger partial charge < -0.3 is 20.1 Å². The van der Waals surface area contributed by atoms with Crippen molar-refractivity contribution in [3.8, 4) is 0 Å². The van der Waals surface area contributed by atoms with Gasteiger partial charge in [0.1, 0.15) is 0 Å². The minimum absolute atomic E-state index is 0.0979. The van der Waals surface area contributed by atoms with Gasteiger partial charge in [-0.05, 0) is 26.0 Å². The fraction of sp³-hybridized carbons (Fsp3) is 0.348. The van der Waals surface area contributed by atoms with Gasteiger partial charge in [-0.25, -0.2) is 0 Å². The number of amides is 1. The average molecular weight is 408 g/mol. The molecule has 2 atom stereocenters. The summed E-state index contributed by atoms with van der Waals surface area (Å²) in [6.07, 6.45) is -0.196. The van der Waals surface area contributed by atoms with Crippen LogP contribution in [-0.4, -0.2) is 65.9 Å². The maximum Gasteiger partial charge on any atom is 0.256 e. The van der Waals surface area contributed by atoms with Crippen molar-refractivity contribution in [2.45, 2.75) is 26.1 Å². The molecule has 30 heavy (non-hydrogen) atoms. The van der Waals surface area contributed by atoms with Gasteiger partial charge >= 0.3 is 0 Å². The average Bonchev–Trinajstić information content (AvgIpc) is 2.74. The number of carbonyl (C=O) groups excluding carboxylic acids is 3. The first-order valence-corrected chi connectivity index (χ1v) is 10.1. The van der Waals surface area contributed by atoms with Gasteiger partial charge in [0.05, 0.1) is 35.6 Å². The van der Waals surface area contributed by atoms with E-state index in [0.29, 0.717) is 35.5 Å². The Morgan fingerprint density at radius 1 is 1.03 bits per heavy atom. The van der Waals surface area contributed by atoms with Crippen molar-refractivity contribution in [3.05, 3.63) is 64.2 Å². The van der Waals surface area contributed by atoms with Crippen LogP contribution in [0, 0.1) is 0 Å². The third-order valence-corrected chi connectivity index (χ3v) is 5.44. The number of ether oxygens (including phenoxy) is 1. The molecule has 1 fully saturated rings. The molecule has 7 nitrogen and oxygen atoms in total. The topological polar surface area (TPSA) is 95.9 Å². The SMILES string of the molecule is C[C@H]1CN(C(=O)c2ccc3c(c2NCCO)C(=O)c2ccccc2C3=O)C[C@H](C)O1. The van der Waals surface area contributed by atoms with Crippen molar-refractivity contribution in [3.63, 3.8) is 0 Å². The zero-order valence-electron chi connectivity index (χ0n) is 17.0. The second kappa shape index (κ2) is 8.01. The molecule has 0 unspecified atom stereocenters. The molecular formula is C23H24N2O5. The van der Waals surface area contributed by atoms with Gasteiger partial charge in [-0.15, -0.1) is 0 Å². The Kier molecular flexibility index (Phi) is 5.40. The number of hydrogen-bond acceptors (Lipinski definition) is 6. The number of ketones is 2. The van der Waals surface area contributed by atoms with Crippen molar-refractivity contribution in [1.82, 2.24) is 4.90 Å². The van der Waals surface area contributed by atoms with Crippen LogP contribution in [0.3, 0.4) is 0 Å². The minimum atomic E-state index is -0.306. The van der Waals surface area contributed by atoms with E-state index in [1.54, 1.807) is 41.3 Å². The van der Waals surface area contributed by atoms with E-state index in [2.05, 4.69) is 5.32 Å². The number of aliphatic hydroxyl groups is 1. The van der Waals surface area contributed by atoms with Crippen molar-refractivity contribution < 1.29 is 24.2 Å². The lowest BCUT2D eigenvalue weighted by Gasteiger charge is -2.36. The van der Waals surface area contributed by atoms with Crippen LogP contribution in [0.5, 0.6) is 0 Å². The number of carbonyl (C=O) groups is 3. The van der Waals surface area contributed by atoms with Gasteiger partial charge in [-0.3, -0.25) is 14.4 Å². The number of nitrogens with one attached hydrogen (secondary N) is 1. The van der Waals surface area contributed by atoms with Crippen LogP contribution in [0.1, 0.15) is 56.0 Å². The number of benzene rings is 2. The van der Waals surface area contributed by atoms with Crippen LogP contribution >= 0.6 is 0 Å². The molecule has 2 aromatic carbocycles. The molecule has 2 aliphatic rings. The van der Waals surface area contributed by atoms with E-state index in [1.807, 2.05) is 13.8 Å². The molecule has 7 heteroatoms. The molecule has 4 rings (SSSR count). The third kappa shape index (κ3) is 3.40. The Morgan fingerprint density at radius 2 is 1.67 bits per heavy atom. The van der Waals surface area contributed by atoms with E-state index >= 15 is 0 Å². The molecule has 1 saturated heterocycles. The molecule has 2 N–H and O–H groups in total. The normalized spacial score (nSPS) is 20.6. The lowest BCUT2D eigenvalue weighted by molar-refractivity contribution is -0.0585. The number of fused-ring (bicyclic) bond motifs is 2. The highest BCUT2D eigenvalue weighted by atomic mass is 16.5. The number of anilines is 1. The molecule has 2 aromatic rings. The second-order valence-corrected chi connectivity index (χ2v) is 7.73. The highest BCUT2D eigenvalue weighted by Crippen LogP contribution is 2.35. The summed E-state index contributed by atoms with van der Waals surface area (Å²) in [7, 11) is 0. The zero-order chi connectivity index (χ0) is 21.4. The number of nitrogens with zero attached hydrogens (tertiary/aromatic N) is 1. The van der Waals surface area contributed by atoms with E-state index in [9.17, 15) is 19.5 Å². The van der Waals surface area contributed by atoms with E-state index in [1.165, 1.54) is 0 Å². The fourth-order valence-corrected chi connectivity index (χ4v) is 4.24. The van der Waals surface area contributed by atoms with E-state index in [0.717, 1.165) is 0 Å². The summed E-state index contributed by atoms with van der Waals surface area (Å²) in [5.74, 6) is -0.793. The Morgan fingerprint density at radius 3 is 2.30 bits per heavy atom. The molecule has 1 amide bonds. The highest BCUT2D eigenvalue weighted by molar-refractivity contribution is 6.31. The van der Waals surface area contributed by atoms with Crippen molar-refractivity contribution in [2.75, 3.05) is 31.6 Å². The predicted octanol–water partition coefficient (Wildman–Crippen LogP) is 2.12. The Hall–Kier alpha value is -3.03. The largest absolute Gasteiger partial charge is 0.395 e. The van der Waals surface area contributed by atoms with Gasteiger partial charge in [0.25, 0.3) is 5.91 Å². The first-order chi connectivity index (χ1) is 14.4. The third-order valence-electron chi connectivity index (χ3n) is 5.44. The monoisotopic (exact) mass is 408 g/mol. The lowest BCUT2D eigenvalue weighted by atomic mass is 9.82. The summed E-state index contributed by atoms with van der Waals surface area (Å²) >= 11 is 0. The maximum atomic E-state index is 13.4. The summed E-state index contributed by atoms with van der Waals surface area (Å²) < 4.78 is 5.72. The van der Waals surface area contributed by atoms with Crippen molar-refractivity contribution >= 4 is 23.2 Å². The smallest absolute Gasteiger partial charge is 0.256 e. The van der Waals surface area contributed by atoms with Gasteiger partial charge in [0.15, 0.2) is 11.6 Å². The minimum Gasteiger partial charge on any atom is -0.395 e. The Balaban J connectivity index is 1.82. The summed E-state index contributed by atoms with van der Waals surface area (Å²) in [6.45, 7) is 4.67. The quantitative estimate of drug-likeness (QED) is 0.687. The van der Waals surface area contributed by atoms with Crippen molar-refractivity contribution in [1.29, 1.82) is 0 Å². The number of hydrogen-bond donors (Lipinski definition) is 2. The van der Waals surface area contributed by atoms with Crippen LogP contribution in [0.2, 0.25) is 0 Å². The zero-order valence-corrected chi connectivity index (χ0v) is 17.0. The molecule has 0 spiro atoms. The van der Waals surface area contributed by atoms with Gasteiger partial charge in [-0.1, -0.05) is 24.3 Å². The van der Waals surface area contributed by atoms with Crippen LogP contribution in [0.15, 0.2) is 36.4 Å². The van der Waals surface area contributed by atoms with E-state index < -0.39 is 0 Å². The summed E-state index contributed by atoms with van der Waals surface area (Å²) in [5, 5.41) is 12.3. The number of aliphatic hydroxyl groups excluding tert-OH is 1. The molecule has 1 aliphatic heterocycles. The lowest BCUT2D eigenvalue weighted by Crippen LogP contribution is -2.48. The number of morpholine rings is 1. The first kappa shape index (κ1) is 20.3. The van der Waals surface area contributed by atoms with Crippen LogP contribution < -0.4 is 5.32 Å². The highest BCUT2D eigenvalue weighted by Gasteiger charge is 2.35. The Labute approximate surface area is 174 Å². The number of rotatable bonds is 4. The fourth-order valence-electron chi connectivity index (χ4n) is 4.24. The molecule has 0 bridgehead atoms. The summed E-state index contributed by atoms with van der Waals surface area (Å²) in [5.41, 5.74) is 1.74. The molecular weight excluding hydrogens is 384 g/mol. The Bertz CT molecular complexity index is 1020. The summed E-state index contributed by atoms with van der Waals surface area (Å²) in [6, 6.07) is 9.82. The molecule has 156 valence electrons. The molecule has 0 aromatic heterocycles. The van der Waals surface area contributed by atoms with Gasteiger partial charge in [0, 0.05) is 36.3 Å². The van der Waals surface area contributed by atoms with Gasteiger partial charge in [-0.2, -0.15) is 0 Å². The van der Waals surface area contributed by atoms with Crippen LogP contribution in [0.4, 0.5) is 5.69 Å². The molecule has 1 heterocycles. The van der Waals surface area contributed by atoms with Crippen molar-refractivity contribution in [2.24, 2.45) is 0 Å². The maximum absolute atomic E-state index is 13.4. The molecule has 1 aliphatic carbocycles. The van der Waals surface area contributed by atoms with Crippen LogP contribution in [0.25, 0.3) is 0 Å². The standard InChI is InChI=1S/C23H24N2O5/c1-13-11-25(12-14(2)30-13)23(29)18-8-7-17-19(20(18)24-9-10-26)22(28)16-6-4-3-5-15(16)21(17)27/h3-8,13-14,24,26H,9-12H2,1-2H3/t13-,14-/m0/s1. The molecule has 0 radical (unpaired) electrons. The van der Waals surface area contributed by atoms with E-state index in [-0.39, 0.29) is 54.0 Å². The summed E-state index contributed by atoms with van der Waals surface area (Å²) in [4.78, 5) is 41.4. The molecule has 0 saturated carbocycles.